The number of nitrogens with one attached hydrogen (secondary N) is 1. The Kier molecular flexibility index (Phi) is 9.42. The highest BCUT2D eigenvalue weighted by Crippen LogP contribution is 2.42. The molecule has 1 aliphatic rings. The van der Waals surface area contributed by atoms with Crippen LogP contribution in [0.25, 0.3) is 0 Å². The Morgan fingerprint density at radius 3 is 1.92 bits per heavy atom. The van der Waals surface area contributed by atoms with Gasteiger partial charge < -0.3 is 24.3 Å². The number of carbonyl (C=O) groups is 2. The molecule has 0 amide bonds. The van der Waals surface area contributed by atoms with Crippen LogP contribution in [0.3, 0.4) is 0 Å². The van der Waals surface area contributed by atoms with Gasteiger partial charge in [0.15, 0.2) is 11.5 Å². The van der Waals surface area contributed by atoms with Crippen LogP contribution in [-0.4, -0.2) is 31.8 Å². The Hall–Kier alpha value is -3.45. The number of hydrogen-bond acceptors (Lipinski definition) is 7. The van der Waals surface area contributed by atoms with Gasteiger partial charge in [0.1, 0.15) is 6.61 Å². The minimum Gasteiger partial charge on any atom is -0.490 e. The molecule has 0 bridgehead atoms. The molecule has 192 valence electrons. The van der Waals surface area contributed by atoms with Gasteiger partial charge in [-0.2, -0.15) is 0 Å². The van der Waals surface area contributed by atoms with Gasteiger partial charge in [-0.15, -0.1) is 0 Å². The van der Waals surface area contributed by atoms with Gasteiger partial charge in [0.2, 0.25) is 0 Å². The largest absolute Gasteiger partial charge is 0.490 e. The van der Waals surface area contributed by atoms with Crippen LogP contribution in [0.15, 0.2) is 65.0 Å². The van der Waals surface area contributed by atoms with Gasteiger partial charge in [-0.1, -0.05) is 29.8 Å². The number of rotatable bonds is 10. The second-order valence-corrected chi connectivity index (χ2v) is 8.57. The Morgan fingerprint density at radius 1 is 0.806 bits per heavy atom. The van der Waals surface area contributed by atoms with Crippen molar-refractivity contribution in [2.24, 2.45) is 0 Å². The van der Waals surface area contributed by atoms with Crippen LogP contribution >= 0.6 is 11.6 Å². The fraction of sp³-hybridized carbons (Fsp3) is 0.357. The second-order valence-electron chi connectivity index (χ2n) is 8.13. The predicted octanol–water partition coefficient (Wildman–Crippen LogP) is 5.68. The summed E-state index contributed by atoms with van der Waals surface area (Å²) in [5.41, 5.74) is 3.57. The molecule has 2 aromatic rings. The van der Waals surface area contributed by atoms with Crippen molar-refractivity contribution in [2.45, 2.75) is 47.1 Å². The topological polar surface area (TPSA) is 83.1 Å². The van der Waals surface area contributed by atoms with Gasteiger partial charge in [-0.05, 0) is 70.0 Å². The number of benzene rings is 2. The van der Waals surface area contributed by atoms with Crippen molar-refractivity contribution in [3.8, 4) is 11.5 Å². The van der Waals surface area contributed by atoms with E-state index in [1.807, 2.05) is 25.1 Å². The summed E-state index contributed by atoms with van der Waals surface area (Å²) in [5, 5.41) is 3.80. The van der Waals surface area contributed by atoms with Gasteiger partial charge in [-0.25, -0.2) is 9.59 Å². The highest BCUT2D eigenvalue weighted by Gasteiger charge is 2.38. The number of carbonyl (C=O) groups excluding carboxylic acids is 2. The molecule has 8 heteroatoms. The summed E-state index contributed by atoms with van der Waals surface area (Å²) in [4.78, 5) is 26.1. The fourth-order valence-electron chi connectivity index (χ4n) is 4.12. The lowest BCUT2D eigenvalue weighted by molar-refractivity contribution is -0.139. The van der Waals surface area contributed by atoms with Gasteiger partial charge in [-0.3, -0.25) is 0 Å². The number of ether oxygens (including phenoxy) is 4. The van der Waals surface area contributed by atoms with Crippen LogP contribution in [0.4, 0.5) is 0 Å². The zero-order valence-corrected chi connectivity index (χ0v) is 22.0. The van der Waals surface area contributed by atoms with Gasteiger partial charge in [0.05, 0.1) is 36.9 Å². The molecular formula is C28H32ClNO6. The first-order valence-electron chi connectivity index (χ1n) is 12.0. The summed E-state index contributed by atoms with van der Waals surface area (Å²) in [6, 6.07) is 12.8. The number of allylic oxidation sites excluding steroid dienone is 2. The molecule has 0 aliphatic carbocycles. The molecule has 0 spiro atoms. The van der Waals surface area contributed by atoms with Crippen LogP contribution in [-0.2, 0) is 25.7 Å². The van der Waals surface area contributed by atoms with E-state index >= 15 is 0 Å². The lowest BCUT2D eigenvalue weighted by Crippen LogP contribution is -2.32. The van der Waals surface area contributed by atoms with Crippen molar-refractivity contribution in [2.75, 3.05) is 19.8 Å². The van der Waals surface area contributed by atoms with E-state index in [1.165, 1.54) is 0 Å². The second kappa shape index (κ2) is 12.5. The highest BCUT2D eigenvalue weighted by atomic mass is 35.5. The zero-order valence-electron chi connectivity index (χ0n) is 21.3. The van der Waals surface area contributed by atoms with E-state index in [4.69, 9.17) is 30.5 Å². The predicted molar refractivity (Wildman–Crippen MR) is 138 cm³/mol. The lowest BCUT2D eigenvalue weighted by atomic mass is 9.80. The molecule has 0 radical (unpaired) electrons. The third-order valence-corrected chi connectivity index (χ3v) is 5.91. The zero-order chi connectivity index (χ0) is 26.2. The van der Waals surface area contributed by atoms with E-state index in [0.717, 1.165) is 5.56 Å². The quantitative estimate of drug-likeness (QED) is 0.409. The smallest absolute Gasteiger partial charge is 0.336 e. The maximum Gasteiger partial charge on any atom is 0.336 e. The minimum absolute atomic E-state index is 0.210. The van der Waals surface area contributed by atoms with Crippen molar-refractivity contribution in [3.63, 3.8) is 0 Å². The Balaban J connectivity index is 2.05. The summed E-state index contributed by atoms with van der Waals surface area (Å²) < 4.78 is 22.6. The first kappa shape index (κ1) is 27.1. The number of dihydropyridines is 1. The summed E-state index contributed by atoms with van der Waals surface area (Å²) in [6.45, 7) is 10.1. The van der Waals surface area contributed by atoms with Crippen LogP contribution in [0, 0.1) is 0 Å². The molecular weight excluding hydrogens is 482 g/mol. The first-order chi connectivity index (χ1) is 17.3. The van der Waals surface area contributed by atoms with E-state index < -0.39 is 17.9 Å². The Morgan fingerprint density at radius 2 is 1.39 bits per heavy atom. The fourth-order valence-corrected chi connectivity index (χ4v) is 4.25. The molecule has 0 unspecified atom stereocenters. The van der Waals surface area contributed by atoms with Crippen molar-refractivity contribution in [3.05, 3.63) is 81.2 Å². The maximum atomic E-state index is 13.0. The number of halogens is 1. The molecule has 0 saturated heterocycles. The van der Waals surface area contributed by atoms with Crippen molar-refractivity contribution >= 4 is 23.5 Å². The monoisotopic (exact) mass is 513 g/mol. The first-order valence-corrected chi connectivity index (χ1v) is 12.3. The van der Waals surface area contributed by atoms with E-state index in [2.05, 4.69) is 5.32 Å². The van der Waals surface area contributed by atoms with Crippen molar-refractivity contribution < 1.29 is 28.5 Å². The molecule has 0 atom stereocenters. The van der Waals surface area contributed by atoms with Crippen LogP contribution < -0.4 is 14.8 Å². The van der Waals surface area contributed by atoms with E-state index in [-0.39, 0.29) is 13.2 Å². The minimum atomic E-state index is -0.700. The third kappa shape index (κ3) is 6.21. The summed E-state index contributed by atoms with van der Waals surface area (Å²) in [6.07, 6.45) is 0. The van der Waals surface area contributed by atoms with Gasteiger partial charge >= 0.3 is 11.9 Å². The van der Waals surface area contributed by atoms with Crippen LogP contribution in [0.2, 0.25) is 5.02 Å². The Bertz CT molecular complexity index is 1130. The molecule has 0 saturated carbocycles. The SMILES string of the molecule is CCOC(=O)C1=C(C)NC(C)=C(C(=O)OCC)C1c1ccc(OCc2ccc(Cl)cc2)c(OCC)c1. The molecule has 0 aromatic heterocycles. The average Bonchev–Trinajstić information content (AvgIpc) is 2.84. The normalized spacial score (nSPS) is 13.8. The van der Waals surface area contributed by atoms with Crippen molar-refractivity contribution in [1.82, 2.24) is 5.32 Å². The summed E-state index contributed by atoms with van der Waals surface area (Å²) in [5.74, 6) is -0.648. The van der Waals surface area contributed by atoms with Crippen LogP contribution in [0.1, 0.15) is 51.7 Å². The molecule has 1 heterocycles. The molecule has 36 heavy (non-hydrogen) atoms. The van der Waals surface area contributed by atoms with E-state index in [9.17, 15) is 9.59 Å². The lowest BCUT2D eigenvalue weighted by Gasteiger charge is -2.30. The standard InChI is InChI=1S/C28H32ClNO6/c1-6-33-23-15-20(11-14-22(23)36-16-19-9-12-21(29)13-10-19)26-24(27(31)34-7-2)17(4)30-18(5)25(26)28(32)35-8-3/h9-15,26,30H,6-8,16H2,1-5H3. The van der Waals surface area contributed by atoms with Gasteiger partial charge in [0, 0.05) is 16.4 Å². The molecule has 2 aromatic carbocycles. The number of esters is 2. The molecule has 1 N–H and O–H groups in total. The van der Waals surface area contributed by atoms with E-state index in [0.29, 0.717) is 57.8 Å². The molecule has 0 fully saturated rings. The third-order valence-electron chi connectivity index (χ3n) is 5.66. The Labute approximate surface area is 217 Å². The summed E-state index contributed by atoms with van der Waals surface area (Å²) in [7, 11) is 0. The molecule has 7 nitrogen and oxygen atoms in total. The molecule has 1 aliphatic heterocycles. The average molecular weight is 514 g/mol. The van der Waals surface area contributed by atoms with E-state index in [1.54, 1.807) is 52.0 Å². The van der Waals surface area contributed by atoms with Crippen molar-refractivity contribution in [1.29, 1.82) is 0 Å². The van der Waals surface area contributed by atoms with Gasteiger partial charge in [0.25, 0.3) is 0 Å². The maximum absolute atomic E-state index is 13.0. The highest BCUT2D eigenvalue weighted by molar-refractivity contribution is 6.30. The number of hydrogen-bond donors (Lipinski definition) is 1. The summed E-state index contributed by atoms with van der Waals surface area (Å²) >= 11 is 5.98. The van der Waals surface area contributed by atoms with Crippen LogP contribution in [0.5, 0.6) is 11.5 Å². The molecule has 3 rings (SSSR count).